The van der Waals surface area contributed by atoms with Gasteiger partial charge in [-0.15, -0.1) is 0 Å². The fraction of sp³-hybridized carbons (Fsp3) is 0.0556. The van der Waals surface area contributed by atoms with E-state index in [4.69, 9.17) is 5.11 Å². The molecule has 0 atom stereocenters. The zero-order valence-corrected chi connectivity index (χ0v) is 12.6. The summed E-state index contributed by atoms with van der Waals surface area (Å²) in [6.07, 6.45) is 5.21. The van der Waals surface area contributed by atoms with Crippen LogP contribution in [0.15, 0.2) is 47.6 Å². The smallest absolute Gasteiger partial charge is 0.237 e. The van der Waals surface area contributed by atoms with Crippen LogP contribution in [0.25, 0.3) is 23.0 Å². The molecule has 1 aromatic carbocycles. The number of nitrogens with zero attached hydrogens (tertiary/aromatic N) is 3. The molecule has 0 unspecified atom stereocenters. The number of aliphatic hydroxyl groups is 1. The zero-order chi connectivity index (χ0) is 16.5. The fourth-order valence-electron chi connectivity index (χ4n) is 2.58. The first kappa shape index (κ1) is 14.3. The molecule has 118 valence electrons. The van der Waals surface area contributed by atoms with Gasteiger partial charge in [0.15, 0.2) is 5.82 Å². The maximum absolute atomic E-state index is 10.1. The Morgan fingerprint density at radius 1 is 1.12 bits per heavy atom. The van der Waals surface area contributed by atoms with Crippen molar-refractivity contribution in [1.29, 1.82) is 0 Å². The van der Waals surface area contributed by atoms with Crippen molar-refractivity contribution in [1.82, 2.24) is 15.0 Å². The third-order valence-electron chi connectivity index (χ3n) is 3.85. The van der Waals surface area contributed by atoms with Crippen LogP contribution in [0.4, 0.5) is 5.82 Å². The van der Waals surface area contributed by atoms with Gasteiger partial charge in [-0.1, -0.05) is 24.3 Å². The Morgan fingerprint density at radius 2 is 1.96 bits per heavy atom. The molecular weight excluding hydrogens is 304 g/mol. The zero-order valence-electron chi connectivity index (χ0n) is 12.6. The summed E-state index contributed by atoms with van der Waals surface area (Å²) in [4.78, 5) is 15.7. The topological polar surface area (TPSA) is 94.4 Å². The van der Waals surface area contributed by atoms with Gasteiger partial charge in [-0.25, -0.2) is 9.98 Å². The highest BCUT2D eigenvalue weighted by atomic mass is 16.3. The van der Waals surface area contributed by atoms with E-state index in [1.54, 1.807) is 18.5 Å². The number of nitrogens with one attached hydrogen (secondary N) is 1. The lowest BCUT2D eigenvalue weighted by Crippen LogP contribution is -1.85. The van der Waals surface area contributed by atoms with Crippen LogP contribution in [0, 0.1) is 0 Å². The molecule has 0 bridgehead atoms. The molecular formula is C18H14N4O2. The lowest BCUT2D eigenvalue weighted by molar-refractivity contribution is 0.282. The maximum atomic E-state index is 10.1. The van der Waals surface area contributed by atoms with Gasteiger partial charge in [-0.3, -0.25) is 0 Å². The average molecular weight is 318 g/mol. The van der Waals surface area contributed by atoms with Crippen LogP contribution in [0.3, 0.4) is 0 Å². The van der Waals surface area contributed by atoms with Crippen molar-refractivity contribution in [2.24, 2.45) is 4.99 Å². The van der Waals surface area contributed by atoms with Gasteiger partial charge in [0.05, 0.1) is 6.61 Å². The third-order valence-corrected chi connectivity index (χ3v) is 3.85. The molecule has 0 saturated carbocycles. The van der Waals surface area contributed by atoms with E-state index in [0.717, 1.165) is 22.3 Å². The number of aromatic amines is 1. The van der Waals surface area contributed by atoms with E-state index >= 15 is 0 Å². The monoisotopic (exact) mass is 318 g/mol. The Bertz CT molecular complexity index is 955. The molecule has 1 aliphatic rings. The van der Waals surface area contributed by atoms with Crippen molar-refractivity contribution in [2.75, 3.05) is 0 Å². The summed E-state index contributed by atoms with van der Waals surface area (Å²) in [6, 6.07) is 11.1. The number of aliphatic imine (C=N–C) groups is 1. The molecule has 3 N–H and O–H groups in total. The van der Waals surface area contributed by atoms with Gasteiger partial charge < -0.3 is 15.2 Å². The SMILES string of the molecule is OCc1ccc(-c2nc(O)c(C=C3C=Nc4ncccc43)[nH]2)cc1. The van der Waals surface area contributed by atoms with Gasteiger partial charge in [0.2, 0.25) is 5.88 Å². The molecule has 3 aromatic rings. The van der Waals surface area contributed by atoms with E-state index in [1.807, 2.05) is 36.4 Å². The number of fused-ring (bicyclic) bond motifs is 1. The Kier molecular flexibility index (Phi) is 3.44. The summed E-state index contributed by atoms with van der Waals surface area (Å²) in [5, 5.41) is 19.2. The molecule has 6 nitrogen and oxygen atoms in total. The summed E-state index contributed by atoms with van der Waals surface area (Å²) in [6.45, 7) is -0.00614. The van der Waals surface area contributed by atoms with Gasteiger partial charge in [-0.2, -0.15) is 4.98 Å². The Morgan fingerprint density at radius 3 is 2.75 bits per heavy atom. The minimum atomic E-state index is -0.0746. The number of rotatable bonds is 3. The Balaban J connectivity index is 1.69. The van der Waals surface area contributed by atoms with Crippen molar-refractivity contribution < 1.29 is 10.2 Å². The van der Waals surface area contributed by atoms with Gasteiger partial charge in [0, 0.05) is 29.1 Å². The van der Waals surface area contributed by atoms with Crippen molar-refractivity contribution in [3.05, 3.63) is 59.4 Å². The molecule has 0 aliphatic carbocycles. The fourth-order valence-corrected chi connectivity index (χ4v) is 2.58. The number of aromatic nitrogens is 3. The summed E-state index contributed by atoms with van der Waals surface area (Å²) in [7, 11) is 0. The van der Waals surface area contributed by atoms with Crippen molar-refractivity contribution in [3.63, 3.8) is 0 Å². The molecule has 3 heterocycles. The Hall–Kier alpha value is -3.25. The number of hydrogen-bond donors (Lipinski definition) is 3. The molecule has 1 aliphatic heterocycles. The second kappa shape index (κ2) is 5.75. The van der Waals surface area contributed by atoms with Gasteiger partial charge in [0.1, 0.15) is 11.5 Å². The number of aliphatic hydroxyl groups excluding tert-OH is 1. The minimum absolute atomic E-state index is 0.00614. The lowest BCUT2D eigenvalue weighted by atomic mass is 10.1. The lowest BCUT2D eigenvalue weighted by Gasteiger charge is -1.99. The molecule has 24 heavy (non-hydrogen) atoms. The number of pyridine rings is 1. The van der Waals surface area contributed by atoms with Crippen LogP contribution in [0.5, 0.6) is 5.88 Å². The van der Waals surface area contributed by atoms with Crippen LogP contribution in [0.2, 0.25) is 0 Å². The molecule has 6 heteroatoms. The maximum Gasteiger partial charge on any atom is 0.237 e. The van der Waals surface area contributed by atoms with E-state index in [0.29, 0.717) is 17.3 Å². The van der Waals surface area contributed by atoms with E-state index in [1.165, 1.54) is 0 Å². The third kappa shape index (κ3) is 2.49. The summed E-state index contributed by atoms with van der Waals surface area (Å²) >= 11 is 0. The highest BCUT2D eigenvalue weighted by Crippen LogP contribution is 2.32. The quantitative estimate of drug-likeness (QED) is 0.692. The van der Waals surface area contributed by atoms with Crippen molar-refractivity contribution >= 4 is 23.7 Å². The molecule has 0 fully saturated rings. The number of aromatic hydroxyl groups is 1. The van der Waals surface area contributed by atoms with Gasteiger partial charge in [0.25, 0.3) is 0 Å². The van der Waals surface area contributed by atoms with Crippen molar-refractivity contribution in [3.8, 4) is 17.3 Å². The number of hydrogen-bond acceptors (Lipinski definition) is 5. The molecule has 2 aromatic heterocycles. The van der Waals surface area contributed by atoms with E-state index in [-0.39, 0.29) is 12.5 Å². The predicted molar refractivity (Wildman–Crippen MR) is 91.9 cm³/mol. The highest BCUT2D eigenvalue weighted by Gasteiger charge is 2.15. The molecule has 0 saturated heterocycles. The second-order valence-corrected chi connectivity index (χ2v) is 5.41. The van der Waals surface area contributed by atoms with Crippen LogP contribution in [-0.4, -0.2) is 31.4 Å². The average Bonchev–Trinajstić information content (AvgIpc) is 3.20. The van der Waals surface area contributed by atoms with Gasteiger partial charge >= 0.3 is 0 Å². The summed E-state index contributed by atoms with van der Waals surface area (Å²) in [5.41, 5.74) is 3.94. The number of benzene rings is 1. The normalized spacial score (nSPS) is 14.3. The van der Waals surface area contributed by atoms with Crippen molar-refractivity contribution in [2.45, 2.75) is 6.61 Å². The predicted octanol–water partition coefficient (Wildman–Crippen LogP) is 2.93. The Labute approximate surface area is 137 Å². The first-order valence-corrected chi connectivity index (χ1v) is 7.45. The standard InChI is InChI=1S/C18H14N4O2/c23-10-11-3-5-12(6-4-11)16-21-15(18(24)22-16)8-13-9-20-17-14(13)2-1-7-19-17/h1-9,23-24H,10H2,(H,21,22). The first-order chi connectivity index (χ1) is 11.7. The van der Waals surface area contributed by atoms with Crippen LogP contribution < -0.4 is 0 Å². The number of imidazole rings is 1. The minimum Gasteiger partial charge on any atom is -0.492 e. The number of allylic oxidation sites excluding steroid dienone is 1. The molecule has 0 spiro atoms. The second-order valence-electron chi connectivity index (χ2n) is 5.41. The number of H-pyrrole nitrogens is 1. The summed E-state index contributed by atoms with van der Waals surface area (Å²) < 4.78 is 0. The van der Waals surface area contributed by atoms with E-state index in [2.05, 4.69) is 19.9 Å². The van der Waals surface area contributed by atoms with Crippen LogP contribution in [-0.2, 0) is 6.61 Å². The van der Waals surface area contributed by atoms with Gasteiger partial charge in [-0.05, 0) is 23.8 Å². The van der Waals surface area contributed by atoms with E-state index in [9.17, 15) is 5.11 Å². The van der Waals surface area contributed by atoms with Crippen LogP contribution >= 0.6 is 0 Å². The highest BCUT2D eigenvalue weighted by molar-refractivity contribution is 6.20. The summed E-state index contributed by atoms with van der Waals surface area (Å²) in [5.74, 6) is 1.15. The van der Waals surface area contributed by atoms with E-state index < -0.39 is 0 Å². The van der Waals surface area contributed by atoms with Crippen LogP contribution in [0.1, 0.15) is 16.8 Å². The first-order valence-electron chi connectivity index (χ1n) is 7.45. The largest absolute Gasteiger partial charge is 0.492 e. The molecule has 0 amide bonds. The molecule has 0 radical (unpaired) electrons. The molecule has 4 rings (SSSR count).